The van der Waals surface area contributed by atoms with Crippen molar-refractivity contribution in [3.05, 3.63) is 80.8 Å². The van der Waals surface area contributed by atoms with Crippen LogP contribution in [-0.2, 0) is 0 Å². The highest BCUT2D eigenvalue weighted by Crippen LogP contribution is 2.21. The molecular weight excluding hydrogens is 475 g/mol. The molecule has 0 atom stereocenters. The third-order valence-corrected chi connectivity index (χ3v) is 4.63. The van der Waals surface area contributed by atoms with E-state index in [-0.39, 0.29) is 0 Å². The lowest BCUT2D eigenvalue weighted by Gasteiger charge is -1.97. The maximum atomic E-state index is 6.18. The summed E-state index contributed by atoms with van der Waals surface area (Å²) in [5, 5.41) is 8.97. The summed E-state index contributed by atoms with van der Waals surface area (Å²) in [4.78, 5) is 0. The van der Waals surface area contributed by atoms with Crippen molar-refractivity contribution in [2.45, 2.75) is 0 Å². The van der Waals surface area contributed by atoms with Crippen LogP contribution in [0.25, 0.3) is 10.1 Å². The molecule has 2 aromatic rings. The van der Waals surface area contributed by atoms with Crippen LogP contribution in [0.3, 0.4) is 0 Å². The number of hydrogen-bond acceptors (Lipinski definition) is 2. The summed E-state index contributed by atoms with van der Waals surface area (Å²) in [6.45, 7) is 0. The maximum Gasteiger partial charge on any atom is 0.0510 e. The summed E-state index contributed by atoms with van der Waals surface area (Å²) in [6.07, 6.45) is 6.43. The van der Waals surface area contributed by atoms with E-state index in [0.717, 1.165) is 20.1 Å². The molecule has 0 N–H and O–H groups in total. The van der Waals surface area contributed by atoms with Gasteiger partial charge in [0.05, 0.1) is 12.4 Å². The number of nitrogens with zero attached hydrogens (tertiary/aromatic N) is 2. The molecule has 0 spiro atoms. The molecule has 2 aromatic carbocycles. The Morgan fingerprint density at radius 2 is 1.00 bits per heavy atom. The third kappa shape index (κ3) is 6.36. The molecule has 0 fully saturated rings. The summed E-state index contributed by atoms with van der Waals surface area (Å²) >= 11 is 19.1. The van der Waals surface area contributed by atoms with Gasteiger partial charge in [0.15, 0.2) is 0 Å². The van der Waals surface area contributed by atoms with Crippen LogP contribution in [0.2, 0.25) is 0 Å². The van der Waals surface area contributed by atoms with Gasteiger partial charge in [0.2, 0.25) is 0 Å². The van der Waals surface area contributed by atoms with E-state index < -0.39 is 0 Å². The number of hydrogen-bond donors (Lipinski definition) is 0. The molecule has 122 valence electrons. The largest absolute Gasteiger partial charge is 0.159 e. The molecule has 0 aliphatic rings. The molecule has 6 heteroatoms. The molecule has 0 heterocycles. The zero-order valence-electron chi connectivity index (χ0n) is 12.3. The highest BCUT2D eigenvalue weighted by atomic mass is 79.9. The monoisotopic (exact) mass is 484 g/mol. The van der Waals surface area contributed by atoms with E-state index in [4.69, 9.17) is 23.2 Å². The van der Waals surface area contributed by atoms with Crippen molar-refractivity contribution in [1.82, 2.24) is 0 Å². The Bertz CT molecular complexity index is 723. The van der Waals surface area contributed by atoms with Gasteiger partial charge in [0.1, 0.15) is 0 Å². The molecule has 0 aliphatic heterocycles. The molecule has 0 radical (unpaired) electrons. The predicted molar refractivity (Wildman–Crippen MR) is 113 cm³/mol. The van der Waals surface area contributed by atoms with E-state index in [9.17, 15) is 0 Å². The van der Waals surface area contributed by atoms with Crippen LogP contribution in [0.4, 0.5) is 0 Å². The minimum atomic E-state index is 0.588. The van der Waals surface area contributed by atoms with Crippen molar-refractivity contribution >= 4 is 77.6 Å². The molecule has 0 bridgehead atoms. The Balaban J connectivity index is 1.94. The van der Waals surface area contributed by atoms with E-state index in [2.05, 4.69) is 42.1 Å². The second-order valence-corrected chi connectivity index (χ2v) is 7.22. The van der Waals surface area contributed by atoms with Crippen molar-refractivity contribution in [2.75, 3.05) is 0 Å². The SMILES string of the molecule is Cl\C(=C/C=N\N=C/C=C(\Cl)c1ccc(Br)cc1)c1ccc(Br)cc1. The summed E-state index contributed by atoms with van der Waals surface area (Å²) in [6, 6.07) is 15.4. The van der Waals surface area contributed by atoms with Crippen LogP contribution in [0.15, 0.2) is 79.8 Å². The van der Waals surface area contributed by atoms with Gasteiger partial charge in [0.25, 0.3) is 0 Å². The van der Waals surface area contributed by atoms with Crippen molar-refractivity contribution < 1.29 is 0 Å². The fourth-order valence-corrected chi connectivity index (χ4v) is 2.58. The first-order chi connectivity index (χ1) is 11.6. The average molecular weight is 487 g/mol. The first kappa shape index (κ1) is 19.1. The van der Waals surface area contributed by atoms with Gasteiger partial charge in [-0.1, -0.05) is 79.3 Å². The highest BCUT2D eigenvalue weighted by Gasteiger charge is 1.97. The van der Waals surface area contributed by atoms with Gasteiger partial charge in [-0.3, -0.25) is 0 Å². The van der Waals surface area contributed by atoms with E-state index in [1.807, 2.05) is 48.5 Å². The summed E-state index contributed by atoms with van der Waals surface area (Å²) in [5.41, 5.74) is 1.82. The van der Waals surface area contributed by atoms with Crippen LogP contribution >= 0.6 is 55.1 Å². The second kappa shape index (κ2) is 9.94. The van der Waals surface area contributed by atoms with E-state index >= 15 is 0 Å². The smallest absolute Gasteiger partial charge is 0.0510 e. The number of benzene rings is 2. The lowest BCUT2D eigenvalue weighted by atomic mass is 10.2. The fraction of sp³-hybridized carbons (Fsp3) is 0. The Kier molecular flexibility index (Phi) is 7.92. The van der Waals surface area contributed by atoms with Gasteiger partial charge in [-0.05, 0) is 47.5 Å². The van der Waals surface area contributed by atoms with Gasteiger partial charge < -0.3 is 0 Å². The zero-order chi connectivity index (χ0) is 17.4. The quantitative estimate of drug-likeness (QED) is 0.317. The van der Waals surface area contributed by atoms with Crippen molar-refractivity contribution in [1.29, 1.82) is 0 Å². The lowest BCUT2D eigenvalue weighted by Crippen LogP contribution is -1.78. The van der Waals surface area contributed by atoms with Gasteiger partial charge >= 0.3 is 0 Å². The van der Waals surface area contributed by atoms with Crippen LogP contribution < -0.4 is 0 Å². The van der Waals surface area contributed by atoms with Crippen molar-refractivity contribution in [3.63, 3.8) is 0 Å². The minimum absolute atomic E-state index is 0.588. The maximum absolute atomic E-state index is 6.18. The zero-order valence-corrected chi connectivity index (χ0v) is 17.0. The van der Waals surface area contributed by atoms with Gasteiger partial charge in [-0.25, -0.2) is 0 Å². The fourth-order valence-electron chi connectivity index (χ4n) is 1.69. The second-order valence-electron chi connectivity index (χ2n) is 4.57. The lowest BCUT2D eigenvalue weighted by molar-refractivity contribution is 1.27. The normalized spacial score (nSPS) is 13.2. The minimum Gasteiger partial charge on any atom is -0.159 e. The van der Waals surface area contributed by atoms with Crippen molar-refractivity contribution in [3.8, 4) is 0 Å². The molecule has 0 amide bonds. The van der Waals surface area contributed by atoms with Gasteiger partial charge in [-0.2, -0.15) is 10.2 Å². The molecule has 0 aromatic heterocycles. The average Bonchev–Trinajstić information content (AvgIpc) is 2.58. The van der Waals surface area contributed by atoms with E-state index in [0.29, 0.717) is 10.1 Å². The number of rotatable bonds is 5. The Morgan fingerprint density at radius 3 is 1.33 bits per heavy atom. The molecule has 0 saturated heterocycles. The van der Waals surface area contributed by atoms with Crippen LogP contribution in [-0.4, -0.2) is 12.4 Å². The van der Waals surface area contributed by atoms with Crippen LogP contribution in [0.1, 0.15) is 11.1 Å². The molecule has 2 nitrogen and oxygen atoms in total. The van der Waals surface area contributed by atoms with Crippen LogP contribution in [0.5, 0.6) is 0 Å². The number of allylic oxidation sites excluding steroid dienone is 2. The molecule has 0 saturated carbocycles. The summed E-state index contributed by atoms with van der Waals surface area (Å²) < 4.78 is 2.01. The van der Waals surface area contributed by atoms with E-state index in [1.54, 1.807) is 12.2 Å². The third-order valence-electron chi connectivity index (χ3n) is 2.88. The first-order valence-corrected chi connectivity index (χ1v) is 9.20. The Hall–Kier alpha value is -1.20. The highest BCUT2D eigenvalue weighted by molar-refractivity contribution is 9.10. The standard InChI is InChI=1S/C18H12Br2Cl2N2/c19-15-5-1-13(2-6-15)17(21)9-11-23-24-12-10-18(22)14-3-7-16(20)8-4-14/h1-12H/b17-9-,18-10-,23-11-,24-12-. The Labute approximate surface area is 167 Å². The number of halogens is 4. The van der Waals surface area contributed by atoms with Crippen LogP contribution in [0, 0.1) is 0 Å². The van der Waals surface area contributed by atoms with Gasteiger partial charge in [0, 0.05) is 19.0 Å². The van der Waals surface area contributed by atoms with Gasteiger partial charge in [-0.15, -0.1) is 0 Å². The molecule has 0 unspecified atom stereocenters. The molecule has 24 heavy (non-hydrogen) atoms. The predicted octanol–water partition coefficient (Wildman–Crippen LogP) is 7.13. The summed E-state index contributed by atoms with van der Waals surface area (Å²) in [5.74, 6) is 0. The topological polar surface area (TPSA) is 24.7 Å². The molecular formula is C18H12Br2Cl2N2. The van der Waals surface area contributed by atoms with E-state index in [1.165, 1.54) is 12.4 Å². The first-order valence-electron chi connectivity index (χ1n) is 6.86. The van der Waals surface area contributed by atoms with Crippen molar-refractivity contribution in [2.24, 2.45) is 10.2 Å². The summed E-state index contributed by atoms with van der Waals surface area (Å²) in [7, 11) is 0. The Morgan fingerprint density at radius 1 is 0.667 bits per heavy atom. The molecule has 2 rings (SSSR count). The molecule has 0 aliphatic carbocycles.